The lowest BCUT2D eigenvalue weighted by Gasteiger charge is -2.28. The van der Waals surface area contributed by atoms with Crippen LogP contribution in [0.4, 0.5) is 15.4 Å². The van der Waals surface area contributed by atoms with E-state index in [0.717, 1.165) is 14.3 Å². The number of aromatic nitrogens is 3. The minimum Gasteiger partial charge on any atom is -0.443 e. The first-order valence-electron chi connectivity index (χ1n) is 8.05. The van der Waals surface area contributed by atoms with Crippen molar-refractivity contribution >= 4 is 46.2 Å². The van der Waals surface area contributed by atoms with E-state index in [9.17, 15) is 9.59 Å². The van der Waals surface area contributed by atoms with E-state index >= 15 is 0 Å². The number of anilines is 1. The maximum Gasteiger partial charge on any atom is 0.425 e. The van der Waals surface area contributed by atoms with Gasteiger partial charge in [-0.05, 0) is 71.1 Å². The Balaban J connectivity index is 2.59. The smallest absolute Gasteiger partial charge is 0.425 e. The van der Waals surface area contributed by atoms with Gasteiger partial charge in [-0.3, -0.25) is 4.40 Å². The molecule has 2 heterocycles. The zero-order chi connectivity index (χ0) is 19.9. The van der Waals surface area contributed by atoms with Crippen LogP contribution >= 0.6 is 22.6 Å². The van der Waals surface area contributed by atoms with E-state index in [1.807, 2.05) is 6.92 Å². The standard InChI is InChI=1S/C17H23IN4O4/c1-10-11(18)21-9-8-19-12(13(21)20-10)22(14(23)25-16(2,3)4)15(24)26-17(5,6)7/h8-9H,1-7H3. The van der Waals surface area contributed by atoms with Crippen molar-refractivity contribution in [2.24, 2.45) is 0 Å². The number of fused-ring (bicyclic) bond motifs is 1. The fraction of sp³-hybridized carbons (Fsp3) is 0.529. The number of aryl methyl sites for hydroxylation is 1. The number of nitrogens with zero attached hydrogens (tertiary/aromatic N) is 4. The van der Waals surface area contributed by atoms with Crippen LogP contribution < -0.4 is 4.90 Å². The summed E-state index contributed by atoms with van der Waals surface area (Å²) in [6, 6.07) is 0. The summed E-state index contributed by atoms with van der Waals surface area (Å²) in [7, 11) is 0. The lowest BCUT2D eigenvalue weighted by atomic mass is 10.2. The number of carbonyl (C=O) groups is 2. The molecule has 2 amide bonds. The average molecular weight is 474 g/mol. The molecule has 0 spiro atoms. The van der Waals surface area contributed by atoms with E-state index in [2.05, 4.69) is 32.6 Å². The van der Waals surface area contributed by atoms with Gasteiger partial charge in [0.25, 0.3) is 0 Å². The fourth-order valence-electron chi connectivity index (χ4n) is 2.07. The molecular weight excluding hydrogens is 451 g/mol. The van der Waals surface area contributed by atoms with Crippen LogP contribution in [0.25, 0.3) is 5.65 Å². The van der Waals surface area contributed by atoms with E-state index in [1.54, 1.807) is 52.1 Å². The number of amides is 2. The highest BCUT2D eigenvalue weighted by molar-refractivity contribution is 14.1. The first-order valence-corrected chi connectivity index (χ1v) is 9.13. The lowest BCUT2D eigenvalue weighted by molar-refractivity contribution is 0.0429. The van der Waals surface area contributed by atoms with E-state index in [1.165, 1.54) is 6.20 Å². The summed E-state index contributed by atoms with van der Waals surface area (Å²) in [6.07, 6.45) is 1.46. The number of ether oxygens (including phenoxy) is 2. The number of halogens is 1. The molecule has 0 saturated heterocycles. The van der Waals surface area contributed by atoms with Gasteiger partial charge in [0.15, 0.2) is 11.5 Å². The third-order valence-corrected chi connectivity index (χ3v) is 4.29. The summed E-state index contributed by atoms with van der Waals surface area (Å²) in [6.45, 7) is 12.1. The normalized spacial score (nSPS) is 12.2. The summed E-state index contributed by atoms with van der Waals surface area (Å²) >= 11 is 2.14. The topological polar surface area (TPSA) is 86.0 Å². The molecule has 0 saturated carbocycles. The monoisotopic (exact) mass is 474 g/mol. The molecule has 142 valence electrons. The van der Waals surface area contributed by atoms with Gasteiger partial charge in [-0.15, -0.1) is 0 Å². The predicted molar refractivity (Wildman–Crippen MR) is 105 cm³/mol. The zero-order valence-corrected chi connectivity index (χ0v) is 18.1. The van der Waals surface area contributed by atoms with Gasteiger partial charge in [0.2, 0.25) is 0 Å². The van der Waals surface area contributed by atoms with Gasteiger partial charge in [0, 0.05) is 12.4 Å². The molecule has 2 aromatic heterocycles. The Bertz CT molecular complexity index is 821. The van der Waals surface area contributed by atoms with Gasteiger partial charge in [-0.1, -0.05) is 0 Å². The Kier molecular flexibility index (Phi) is 5.50. The van der Waals surface area contributed by atoms with Gasteiger partial charge in [0.05, 0.1) is 5.69 Å². The van der Waals surface area contributed by atoms with Crippen molar-refractivity contribution in [2.75, 3.05) is 4.90 Å². The lowest BCUT2D eigenvalue weighted by Crippen LogP contribution is -2.44. The summed E-state index contributed by atoms with van der Waals surface area (Å²) in [5.41, 5.74) is -0.455. The molecule has 0 fully saturated rings. The summed E-state index contributed by atoms with van der Waals surface area (Å²) in [5.74, 6) is 0.0574. The van der Waals surface area contributed by atoms with Crippen molar-refractivity contribution < 1.29 is 19.1 Å². The van der Waals surface area contributed by atoms with Crippen LogP contribution in [0.3, 0.4) is 0 Å². The van der Waals surface area contributed by atoms with Crippen molar-refractivity contribution in [2.45, 2.75) is 59.7 Å². The second-order valence-corrected chi connectivity index (χ2v) is 8.75. The number of imide groups is 1. The fourth-order valence-corrected chi connectivity index (χ4v) is 2.58. The SMILES string of the molecule is Cc1nc2c(N(C(=O)OC(C)(C)C)C(=O)OC(C)(C)C)nccn2c1I. The van der Waals surface area contributed by atoms with Crippen LogP contribution in [-0.2, 0) is 9.47 Å². The molecule has 0 N–H and O–H groups in total. The first-order chi connectivity index (χ1) is 11.8. The van der Waals surface area contributed by atoms with E-state index in [0.29, 0.717) is 5.65 Å². The van der Waals surface area contributed by atoms with E-state index in [-0.39, 0.29) is 5.82 Å². The van der Waals surface area contributed by atoms with Gasteiger partial charge in [0.1, 0.15) is 14.9 Å². The van der Waals surface area contributed by atoms with Crippen LogP contribution in [0.1, 0.15) is 47.2 Å². The molecule has 2 aromatic rings. The maximum atomic E-state index is 12.7. The third kappa shape index (κ3) is 4.63. The molecule has 26 heavy (non-hydrogen) atoms. The minimum atomic E-state index is -0.872. The van der Waals surface area contributed by atoms with Crippen LogP contribution in [0.2, 0.25) is 0 Å². The highest BCUT2D eigenvalue weighted by Crippen LogP contribution is 2.25. The summed E-state index contributed by atoms with van der Waals surface area (Å²) in [5, 5.41) is 0. The number of hydrogen-bond donors (Lipinski definition) is 0. The van der Waals surface area contributed by atoms with Crippen molar-refractivity contribution in [3.8, 4) is 0 Å². The zero-order valence-electron chi connectivity index (χ0n) is 16.0. The summed E-state index contributed by atoms with van der Waals surface area (Å²) < 4.78 is 13.4. The van der Waals surface area contributed by atoms with Gasteiger partial charge in [-0.25, -0.2) is 19.6 Å². The Morgan fingerprint density at radius 3 is 2.04 bits per heavy atom. The maximum absolute atomic E-state index is 12.7. The second kappa shape index (κ2) is 7.01. The highest BCUT2D eigenvalue weighted by Gasteiger charge is 2.35. The molecule has 2 rings (SSSR count). The Morgan fingerprint density at radius 2 is 1.58 bits per heavy atom. The number of hydrogen-bond acceptors (Lipinski definition) is 6. The number of imidazole rings is 1. The van der Waals surface area contributed by atoms with Crippen molar-refractivity contribution in [3.63, 3.8) is 0 Å². The summed E-state index contributed by atoms with van der Waals surface area (Å²) in [4.78, 5) is 34.9. The Hall–Kier alpha value is -1.91. The predicted octanol–water partition coefficient (Wildman–Crippen LogP) is 4.32. The number of rotatable bonds is 1. The first kappa shape index (κ1) is 20.4. The van der Waals surface area contributed by atoms with Crippen LogP contribution in [0.5, 0.6) is 0 Å². The van der Waals surface area contributed by atoms with E-state index in [4.69, 9.17) is 9.47 Å². The highest BCUT2D eigenvalue weighted by atomic mass is 127. The molecule has 0 unspecified atom stereocenters. The molecule has 0 aliphatic carbocycles. The Morgan fingerprint density at radius 1 is 1.08 bits per heavy atom. The third-order valence-electron chi connectivity index (χ3n) is 2.99. The molecule has 0 radical (unpaired) electrons. The molecule has 0 aromatic carbocycles. The van der Waals surface area contributed by atoms with Crippen molar-refractivity contribution in [3.05, 3.63) is 21.8 Å². The molecule has 8 nitrogen and oxygen atoms in total. The van der Waals surface area contributed by atoms with Crippen molar-refractivity contribution in [1.82, 2.24) is 14.4 Å². The van der Waals surface area contributed by atoms with Crippen LogP contribution in [-0.4, -0.2) is 37.8 Å². The van der Waals surface area contributed by atoms with Crippen LogP contribution in [0.15, 0.2) is 12.4 Å². The largest absolute Gasteiger partial charge is 0.443 e. The van der Waals surface area contributed by atoms with Gasteiger partial charge in [-0.2, -0.15) is 4.90 Å². The van der Waals surface area contributed by atoms with Gasteiger partial charge >= 0.3 is 12.2 Å². The molecule has 0 atom stereocenters. The van der Waals surface area contributed by atoms with Crippen molar-refractivity contribution in [1.29, 1.82) is 0 Å². The van der Waals surface area contributed by atoms with E-state index < -0.39 is 23.4 Å². The second-order valence-electron chi connectivity index (χ2n) is 7.73. The molecule has 0 bridgehead atoms. The minimum absolute atomic E-state index is 0.0574. The number of carbonyl (C=O) groups excluding carboxylic acids is 2. The Labute approximate surface area is 166 Å². The quantitative estimate of drug-likeness (QED) is 0.573. The average Bonchev–Trinajstić information content (AvgIpc) is 2.72. The van der Waals surface area contributed by atoms with Gasteiger partial charge < -0.3 is 9.47 Å². The molecule has 9 heteroatoms. The molecule has 0 aliphatic rings. The van der Waals surface area contributed by atoms with Crippen LogP contribution in [0, 0.1) is 10.6 Å². The molecular formula is C17H23IN4O4. The molecule has 0 aliphatic heterocycles.